The molecule has 1 saturated heterocycles. The normalized spacial score (nSPS) is 18.1. The number of ether oxygens (including phenoxy) is 1. The van der Waals surface area contributed by atoms with E-state index in [9.17, 15) is 4.79 Å². The minimum atomic E-state index is -0.254. The lowest BCUT2D eigenvalue weighted by atomic mass is 10.2. The van der Waals surface area contributed by atoms with Crippen LogP contribution in [-0.2, 0) is 4.74 Å². The predicted octanol–water partition coefficient (Wildman–Crippen LogP) is 1.86. The number of nitrogens with zero attached hydrogens (tertiary/aromatic N) is 1. The number of nitriles is 1. The Labute approximate surface area is 106 Å². The molecule has 5 nitrogen and oxygen atoms in total. The van der Waals surface area contributed by atoms with Crippen molar-refractivity contribution >= 4 is 11.7 Å². The number of carbonyl (C=O) groups is 1. The van der Waals surface area contributed by atoms with Crippen LogP contribution in [0.3, 0.4) is 0 Å². The Bertz CT molecular complexity index is 444. The quantitative estimate of drug-likeness (QED) is 0.853. The van der Waals surface area contributed by atoms with Crippen LogP contribution in [0.2, 0.25) is 0 Å². The second-order valence-corrected chi connectivity index (χ2v) is 4.16. The van der Waals surface area contributed by atoms with Crippen molar-refractivity contribution in [2.24, 2.45) is 0 Å². The zero-order chi connectivity index (χ0) is 12.8. The largest absolute Gasteiger partial charge is 0.376 e. The Morgan fingerprint density at radius 3 is 2.83 bits per heavy atom. The van der Waals surface area contributed by atoms with E-state index in [1.165, 1.54) is 0 Å². The van der Waals surface area contributed by atoms with E-state index in [0.29, 0.717) is 17.8 Å². The van der Waals surface area contributed by atoms with Crippen LogP contribution in [0.5, 0.6) is 0 Å². The maximum atomic E-state index is 11.6. The summed E-state index contributed by atoms with van der Waals surface area (Å²) in [5.41, 5.74) is 1.24. The van der Waals surface area contributed by atoms with E-state index in [2.05, 4.69) is 10.6 Å². The number of carbonyl (C=O) groups excluding carboxylic acids is 1. The summed E-state index contributed by atoms with van der Waals surface area (Å²) in [5.74, 6) is 0. The van der Waals surface area contributed by atoms with Crippen LogP contribution >= 0.6 is 0 Å². The number of urea groups is 1. The lowest BCUT2D eigenvalue weighted by Gasteiger charge is -2.11. The third-order valence-corrected chi connectivity index (χ3v) is 2.79. The van der Waals surface area contributed by atoms with Crippen LogP contribution in [0, 0.1) is 11.3 Å². The van der Waals surface area contributed by atoms with Gasteiger partial charge in [-0.25, -0.2) is 4.79 Å². The summed E-state index contributed by atoms with van der Waals surface area (Å²) >= 11 is 0. The van der Waals surface area contributed by atoms with E-state index >= 15 is 0 Å². The number of anilines is 1. The summed E-state index contributed by atoms with van der Waals surface area (Å²) in [6.07, 6.45) is 2.19. The monoisotopic (exact) mass is 245 g/mol. The Morgan fingerprint density at radius 2 is 2.22 bits per heavy atom. The average Bonchev–Trinajstić information content (AvgIpc) is 2.90. The Morgan fingerprint density at radius 1 is 1.44 bits per heavy atom. The van der Waals surface area contributed by atoms with Crippen LogP contribution in [0.1, 0.15) is 18.4 Å². The highest BCUT2D eigenvalue weighted by Crippen LogP contribution is 2.11. The fraction of sp³-hybridized carbons (Fsp3) is 0.385. The molecule has 1 atom stereocenters. The van der Waals surface area contributed by atoms with E-state index in [-0.39, 0.29) is 12.1 Å². The van der Waals surface area contributed by atoms with Crippen LogP contribution in [-0.4, -0.2) is 25.3 Å². The molecule has 1 fully saturated rings. The van der Waals surface area contributed by atoms with Crippen LogP contribution in [0.25, 0.3) is 0 Å². The first-order chi connectivity index (χ1) is 8.78. The molecule has 18 heavy (non-hydrogen) atoms. The highest BCUT2D eigenvalue weighted by atomic mass is 16.5. The van der Waals surface area contributed by atoms with Gasteiger partial charge in [-0.05, 0) is 37.1 Å². The first-order valence-electron chi connectivity index (χ1n) is 5.94. The van der Waals surface area contributed by atoms with Crippen molar-refractivity contribution in [2.45, 2.75) is 18.9 Å². The smallest absolute Gasteiger partial charge is 0.319 e. The van der Waals surface area contributed by atoms with Gasteiger partial charge in [-0.15, -0.1) is 0 Å². The van der Waals surface area contributed by atoms with E-state index < -0.39 is 0 Å². The van der Waals surface area contributed by atoms with E-state index in [1.807, 2.05) is 6.07 Å². The second kappa shape index (κ2) is 6.03. The van der Waals surface area contributed by atoms with Crippen molar-refractivity contribution in [2.75, 3.05) is 18.5 Å². The first kappa shape index (κ1) is 12.4. The number of hydrogen-bond acceptors (Lipinski definition) is 3. The second-order valence-electron chi connectivity index (χ2n) is 4.16. The van der Waals surface area contributed by atoms with Crippen LogP contribution in [0.4, 0.5) is 10.5 Å². The van der Waals surface area contributed by atoms with E-state index in [0.717, 1.165) is 19.4 Å². The van der Waals surface area contributed by atoms with E-state index in [4.69, 9.17) is 10.00 Å². The molecular weight excluding hydrogens is 230 g/mol. The molecule has 0 unspecified atom stereocenters. The predicted molar refractivity (Wildman–Crippen MR) is 67.2 cm³/mol. The van der Waals surface area contributed by atoms with Gasteiger partial charge >= 0.3 is 6.03 Å². The van der Waals surface area contributed by atoms with Gasteiger partial charge in [0.25, 0.3) is 0 Å². The van der Waals surface area contributed by atoms with Crippen molar-refractivity contribution in [1.29, 1.82) is 5.26 Å². The van der Waals surface area contributed by atoms with Crippen LogP contribution < -0.4 is 10.6 Å². The van der Waals surface area contributed by atoms with Gasteiger partial charge in [0.15, 0.2) is 0 Å². The summed E-state index contributed by atoms with van der Waals surface area (Å²) < 4.78 is 5.41. The summed E-state index contributed by atoms with van der Waals surface area (Å²) in [4.78, 5) is 11.6. The minimum absolute atomic E-state index is 0.136. The van der Waals surface area contributed by atoms with Crippen LogP contribution in [0.15, 0.2) is 24.3 Å². The minimum Gasteiger partial charge on any atom is -0.376 e. The highest BCUT2D eigenvalue weighted by Gasteiger charge is 2.15. The zero-order valence-corrected chi connectivity index (χ0v) is 9.98. The van der Waals surface area contributed by atoms with Gasteiger partial charge in [-0.3, -0.25) is 0 Å². The number of nitrogens with one attached hydrogen (secondary N) is 2. The third-order valence-electron chi connectivity index (χ3n) is 2.79. The van der Waals surface area contributed by atoms with Crippen molar-refractivity contribution in [3.63, 3.8) is 0 Å². The summed E-state index contributed by atoms with van der Waals surface area (Å²) in [7, 11) is 0. The molecule has 2 amide bonds. The van der Waals surface area contributed by atoms with Gasteiger partial charge in [-0.2, -0.15) is 5.26 Å². The fourth-order valence-electron chi connectivity index (χ4n) is 1.82. The molecule has 0 spiro atoms. The molecule has 1 aliphatic rings. The van der Waals surface area contributed by atoms with Gasteiger partial charge in [0, 0.05) is 18.8 Å². The van der Waals surface area contributed by atoms with Gasteiger partial charge in [0.2, 0.25) is 0 Å². The van der Waals surface area contributed by atoms with Gasteiger partial charge < -0.3 is 15.4 Å². The standard InChI is InChI=1S/C13H15N3O2/c14-8-10-3-5-11(6-4-10)16-13(17)15-9-12-2-1-7-18-12/h3-6,12H,1-2,7,9H2,(H2,15,16,17)/t12-/m1/s1. The summed E-state index contributed by atoms with van der Waals surface area (Å²) in [5, 5.41) is 14.1. The maximum Gasteiger partial charge on any atom is 0.319 e. The number of rotatable bonds is 3. The molecule has 0 aliphatic carbocycles. The number of benzene rings is 1. The van der Waals surface area contributed by atoms with E-state index in [1.54, 1.807) is 24.3 Å². The van der Waals surface area contributed by atoms with Gasteiger partial charge in [0.1, 0.15) is 0 Å². The first-order valence-corrected chi connectivity index (χ1v) is 5.94. The lowest BCUT2D eigenvalue weighted by molar-refractivity contribution is 0.112. The van der Waals surface area contributed by atoms with Crippen molar-refractivity contribution < 1.29 is 9.53 Å². The molecule has 94 valence electrons. The molecule has 5 heteroatoms. The molecule has 1 heterocycles. The molecule has 0 saturated carbocycles. The number of amides is 2. The molecule has 0 bridgehead atoms. The fourth-order valence-corrected chi connectivity index (χ4v) is 1.82. The Hall–Kier alpha value is -2.06. The van der Waals surface area contributed by atoms with Crippen molar-refractivity contribution in [3.05, 3.63) is 29.8 Å². The van der Waals surface area contributed by atoms with Gasteiger partial charge in [0.05, 0.1) is 17.7 Å². The topological polar surface area (TPSA) is 74.2 Å². The molecule has 1 aromatic rings. The molecule has 2 rings (SSSR count). The maximum absolute atomic E-state index is 11.6. The third kappa shape index (κ3) is 3.47. The average molecular weight is 245 g/mol. The molecule has 0 aromatic heterocycles. The summed E-state index contributed by atoms with van der Waals surface area (Å²) in [6, 6.07) is 8.49. The molecule has 1 aromatic carbocycles. The van der Waals surface area contributed by atoms with Crippen molar-refractivity contribution in [1.82, 2.24) is 5.32 Å². The van der Waals surface area contributed by atoms with Gasteiger partial charge in [-0.1, -0.05) is 0 Å². The molecule has 2 N–H and O–H groups in total. The SMILES string of the molecule is N#Cc1ccc(NC(=O)NC[C@H]2CCCO2)cc1. The number of hydrogen-bond donors (Lipinski definition) is 2. The zero-order valence-electron chi connectivity index (χ0n) is 9.98. The summed E-state index contributed by atoms with van der Waals surface area (Å²) in [6.45, 7) is 1.31. The van der Waals surface area contributed by atoms with Crippen molar-refractivity contribution in [3.8, 4) is 6.07 Å². The molecule has 1 aliphatic heterocycles. The Balaban J connectivity index is 1.77. The molecular formula is C13H15N3O2. The Kier molecular flexibility index (Phi) is 4.15. The highest BCUT2D eigenvalue weighted by molar-refractivity contribution is 5.89. The molecule has 0 radical (unpaired) electrons. The lowest BCUT2D eigenvalue weighted by Crippen LogP contribution is -2.34.